The Morgan fingerprint density at radius 3 is 2.66 bits per heavy atom. The van der Waals surface area contributed by atoms with Gasteiger partial charge in [-0.1, -0.05) is 48.0 Å². The van der Waals surface area contributed by atoms with E-state index in [9.17, 15) is 9.59 Å². The van der Waals surface area contributed by atoms with Crippen LogP contribution < -0.4 is 5.32 Å². The predicted octanol–water partition coefficient (Wildman–Crippen LogP) is 3.86. The first-order valence-corrected chi connectivity index (χ1v) is 9.55. The predicted molar refractivity (Wildman–Crippen MR) is 112 cm³/mol. The number of carbonyl (C=O) groups excluding carboxylic acids is 2. The van der Waals surface area contributed by atoms with Crippen molar-refractivity contribution < 1.29 is 19.1 Å². The minimum atomic E-state index is -0.594. The summed E-state index contributed by atoms with van der Waals surface area (Å²) in [6.45, 7) is 0.650. The monoisotopic (exact) mass is 412 g/mol. The first kappa shape index (κ1) is 20.8. The SMILES string of the molecule is COCCCNC(=O)COC(=O)c1cc(-c2ccccc2Cl)nc2ccccc12. The molecular formula is C22H21ClN2O4. The molecule has 1 aromatic heterocycles. The Morgan fingerprint density at radius 1 is 1.10 bits per heavy atom. The van der Waals surface area contributed by atoms with Gasteiger partial charge >= 0.3 is 5.97 Å². The first-order valence-electron chi connectivity index (χ1n) is 9.17. The molecule has 0 aliphatic rings. The Bertz CT molecular complexity index is 1020. The summed E-state index contributed by atoms with van der Waals surface area (Å²) in [6, 6.07) is 16.2. The van der Waals surface area contributed by atoms with E-state index in [1.165, 1.54) is 0 Å². The van der Waals surface area contributed by atoms with Gasteiger partial charge in [-0.3, -0.25) is 4.79 Å². The summed E-state index contributed by atoms with van der Waals surface area (Å²) in [5.74, 6) is -0.955. The van der Waals surface area contributed by atoms with Crippen molar-refractivity contribution in [1.29, 1.82) is 0 Å². The van der Waals surface area contributed by atoms with Crippen molar-refractivity contribution in [2.24, 2.45) is 0 Å². The van der Waals surface area contributed by atoms with Crippen LogP contribution in [0.15, 0.2) is 54.6 Å². The van der Waals surface area contributed by atoms with Crippen molar-refractivity contribution in [3.8, 4) is 11.3 Å². The van der Waals surface area contributed by atoms with E-state index in [-0.39, 0.29) is 12.5 Å². The largest absolute Gasteiger partial charge is 0.452 e. The van der Waals surface area contributed by atoms with Gasteiger partial charge in [-0.15, -0.1) is 0 Å². The van der Waals surface area contributed by atoms with Crippen molar-refractivity contribution in [3.63, 3.8) is 0 Å². The van der Waals surface area contributed by atoms with E-state index >= 15 is 0 Å². The number of fused-ring (bicyclic) bond motifs is 1. The van der Waals surface area contributed by atoms with Crippen LogP contribution in [0.2, 0.25) is 5.02 Å². The van der Waals surface area contributed by atoms with E-state index in [0.29, 0.717) is 52.3 Å². The molecular weight excluding hydrogens is 392 g/mol. The molecule has 0 saturated heterocycles. The number of pyridine rings is 1. The van der Waals surface area contributed by atoms with E-state index in [1.54, 1.807) is 25.3 Å². The van der Waals surface area contributed by atoms with Crippen LogP contribution in [0.5, 0.6) is 0 Å². The summed E-state index contributed by atoms with van der Waals surface area (Å²) in [4.78, 5) is 29.2. The van der Waals surface area contributed by atoms with Crippen LogP contribution in [0, 0.1) is 0 Å². The van der Waals surface area contributed by atoms with Crippen molar-refractivity contribution in [2.75, 3.05) is 26.9 Å². The third-order valence-electron chi connectivity index (χ3n) is 4.27. The molecule has 0 aliphatic heterocycles. The molecule has 6 nitrogen and oxygen atoms in total. The van der Waals surface area contributed by atoms with Crippen LogP contribution in [0.1, 0.15) is 16.8 Å². The van der Waals surface area contributed by atoms with Gasteiger partial charge in [-0.2, -0.15) is 0 Å². The average Bonchev–Trinajstić information content (AvgIpc) is 2.74. The lowest BCUT2D eigenvalue weighted by molar-refractivity contribution is -0.124. The highest BCUT2D eigenvalue weighted by molar-refractivity contribution is 6.33. The van der Waals surface area contributed by atoms with Crippen LogP contribution in [-0.2, 0) is 14.3 Å². The number of para-hydroxylation sites is 1. The van der Waals surface area contributed by atoms with Gasteiger partial charge < -0.3 is 14.8 Å². The number of hydrogen-bond acceptors (Lipinski definition) is 5. The number of carbonyl (C=O) groups is 2. The lowest BCUT2D eigenvalue weighted by atomic mass is 10.0. The van der Waals surface area contributed by atoms with Crippen LogP contribution in [0.3, 0.4) is 0 Å². The second kappa shape index (κ2) is 10.0. The van der Waals surface area contributed by atoms with Gasteiger partial charge in [-0.25, -0.2) is 9.78 Å². The molecule has 1 heterocycles. The van der Waals surface area contributed by atoms with E-state index in [1.807, 2.05) is 36.4 Å². The van der Waals surface area contributed by atoms with Crippen LogP contribution >= 0.6 is 11.6 Å². The third kappa shape index (κ3) is 5.31. The highest BCUT2D eigenvalue weighted by Gasteiger charge is 2.17. The molecule has 0 unspecified atom stereocenters. The first-order chi connectivity index (χ1) is 14.1. The van der Waals surface area contributed by atoms with Gasteiger partial charge in [0.15, 0.2) is 6.61 Å². The maximum atomic E-state index is 12.7. The Balaban J connectivity index is 1.81. The molecule has 29 heavy (non-hydrogen) atoms. The molecule has 1 amide bonds. The van der Waals surface area contributed by atoms with E-state index in [0.717, 1.165) is 0 Å². The second-order valence-corrected chi connectivity index (χ2v) is 6.73. The van der Waals surface area contributed by atoms with Crippen LogP contribution in [-0.4, -0.2) is 43.7 Å². The molecule has 0 radical (unpaired) electrons. The number of aromatic nitrogens is 1. The number of methoxy groups -OCH3 is 1. The van der Waals surface area contributed by atoms with Crippen molar-refractivity contribution in [3.05, 3.63) is 65.2 Å². The van der Waals surface area contributed by atoms with Gasteiger partial charge in [0, 0.05) is 36.2 Å². The summed E-state index contributed by atoms with van der Waals surface area (Å²) in [5.41, 5.74) is 2.24. The van der Waals surface area contributed by atoms with Gasteiger partial charge in [0.2, 0.25) is 0 Å². The number of esters is 1. The van der Waals surface area contributed by atoms with E-state index in [2.05, 4.69) is 10.3 Å². The number of amides is 1. The molecule has 1 N–H and O–H groups in total. The molecule has 3 rings (SSSR count). The summed E-state index contributed by atoms with van der Waals surface area (Å²) in [6.07, 6.45) is 0.687. The fourth-order valence-corrected chi connectivity index (χ4v) is 3.09. The highest BCUT2D eigenvalue weighted by Crippen LogP contribution is 2.30. The van der Waals surface area contributed by atoms with Crippen molar-refractivity contribution in [1.82, 2.24) is 10.3 Å². The molecule has 0 aliphatic carbocycles. The van der Waals surface area contributed by atoms with Gasteiger partial charge in [0.1, 0.15) is 0 Å². The van der Waals surface area contributed by atoms with Gasteiger partial charge in [-0.05, 0) is 24.6 Å². The maximum absolute atomic E-state index is 12.7. The number of benzene rings is 2. The summed E-state index contributed by atoms with van der Waals surface area (Å²) >= 11 is 6.30. The Hall–Kier alpha value is -2.96. The van der Waals surface area contributed by atoms with E-state index < -0.39 is 5.97 Å². The Labute approximate surface area is 173 Å². The minimum Gasteiger partial charge on any atom is -0.452 e. The quantitative estimate of drug-likeness (QED) is 0.449. The number of halogens is 1. The number of nitrogens with one attached hydrogen (secondary N) is 1. The third-order valence-corrected chi connectivity index (χ3v) is 4.60. The normalized spacial score (nSPS) is 10.7. The number of nitrogens with zero attached hydrogens (tertiary/aromatic N) is 1. The molecule has 0 atom stereocenters. The summed E-state index contributed by atoms with van der Waals surface area (Å²) < 4.78 is 10.2. The fourth-order valence-electron chi connectivity index (χ4n) is 2.86. The van der Waals surface area contributed by atoms with Gasteiger partial charge in [0.05, 0.1) is 16.8 Å². The fraction of sp³-hybridized carbons (Fsp3) is 0.227. The zero-order valence-corrected chi connectivity index (χ0v) is 16.7. The standard InChI is InChI=1S/C22H21ClN2O4/c1-28-12-6-11-24-21(26)14-29-22(27)17-13-20(16-8-2-4-9-18(16)23)25-19-10-5-3-7-15(17)19/h2-5,7-10,13H,6,11-12,14H2,1H3,(H,24,26). The van der Waals surface area contributed by atoms with Gasteiger partial charge in [0.25, 0.3) is 5.91 Å². The molecule has 2 aromatic carbocycles. The smallest absolute Gasteiger partial charge is 0.339 e. The van der Waals surface area contributed by atoms with Crippen LogP contribution in [0.25, 0.3) is 22.2 Å². The minimum absolute atomic E-state index is 0.331. The molecule has 0 fully saturated rings. The molecule has 3 aromatic rings. The summed E-state index contributed by atoms with van der Waals surface area (Å²) in [7, 11) is 1.60. The topological polar surface area (TPSA) is 77.5 Å². The second-order valence-electron chi connectivity index (χ2n) is 6.32. The lowest BCUT2D eigenvalue weighted by Gasteiger charge is -2.11. The Kier molecular flexibility index (Phi) is 7.16. The lowest BCUT2D eigenvalue weighted by Crippen LogP contribution is -2.30. The van der Waals surface area contributed by atoms with Crippen molar-refractivity contribution >= 4 is 34.4 Å². The Morgan fingerprint density at radius 2 is 1.86 bits per heavy atom. The average molecular weight is 413 g/mol. The number of rotatable bonds is 8. The highest BCUT2D eigenvalue weighted by atomic mass is 35.5. The number of hydrogen-bond donors (Lipinski definition) is 1. The molecule has 150 valence electrons. The van der Waals surface area contributed by atoms with E-state index in [4.69, 9.17) is 21.1 Å². The molecule has 0 spiro atoms. The molecule has 0 bridgehead atoms. The number of ether oxygens (including phenoxy) is 2. The molecule has 7 heteroatoms. The zero-order chi connectivity index (χ0) is 20.6. The van der Waals surface area contributed by atoms with Crippen molar-refractivity contribution in [2.45, 2.75) is 6.42 Å². The maximum Gasteiger partial charge on any atom is 0.339 e. The summed E-state index contributed by atoms with van der Waals surface area (Å²) in [5, 5.41) is 3.86. The van der Waals surface area contributed by atoms with Crippen LogP contribution in [0.4, 0.5) is 0 Å². The molecule has 0 saturated carbocycles. The zero-order valence-electron chi connectivity index (χ0n) is 16.0.